The predicted molar refractivity (Wildman–Crippen MR) is 112 cm³/mol. The first kappa shape index (κ1) is 21.9. The lowest BCUT2D eigenvalue weighted by molar-refractivity contribution is -0.140. The molecule has 6 atom stereocenters. The number of fused-ring (bicyclic) bond motifs is 1. The van der Waals surface area contributed by atoms with Crippen LogP contribution in [0.25, 0.3) is 0 Å². The Morgan fingerprint density at radius 1 is 1.32 bits per heavy atom. The van der Waals surface area contributed by atoms with Crippen LogP contribution in [0.4, 0.5) is 0 Å². The highest BCUT2D eigenvalue weighted by atomic mass is 79.9. The number of aliphatic hydroxyl groups excluding tert-OH is 1. The fourth-order valence-electron chi connectivity index (χ4n) is 4.97. The highest BCUT2D eigenvalue weighted by molar-refractivity contribution is 9.09. The number of carbonyl (C=O) groups is 3. The summed E-state index contributed by atoms with van der Waals surface area (Å²) in [6, 6.07) is -0.604. The molecule has 3 unspecified atom stereocenters. The van der Waals surface area contributed by atoms with E-state index in [1.54, 1.807) is 23.7 Å². The minimum absolute atomic E-state index is 0.0153. The summed E-state index contributed by atoms with van der Waals surface area (Å²) >= 11 is 5.35. The quantitative estimate of drug-likeness (QED) is 0.391. The molecule has 0 aliphatic carbocycles. The van der Waals surface area contributed by atoms with Crippen LogP contribution in [0.5, 0.6) is 0 Å². The lowest BCUT2D eigenvalue weighted by Crippen LogP contribution is -2.57. The first-order valence-electron chi connectivity index (χ1n) is 9.84. The number of thioether (sulfide) groups is 1. The molecule has 0 radical (unpaired) electrons. The monoisotopic (exact) mass is 475 g/mol. The molecule has 7 nitrogen and oxygen atoms in total. The maximum atomic E-state index is 13.5. The van der Waals surface area contributed by atoms with Gasteiger partial charge < -0.3 is 20.6 Å². The Bertz CT molecular complexity index is 670. The van der Waals surface area contributed by atoms with Crippen LogP contribution in [0.1, 0.15) is 40.0 Å². The average Bonchev–Trinajstić information content (AvgIpc) is 3.17. The smallest absolute Gasteiger partial charge is 0.244 e. The van der Waals surface area contributed by atoms with Gasteiger partial charge in [0.25, 0.3) is 0 Å². The maximum absolute atomic E-state index is 13.5. The molecule has 3 aliphatic heterocycles. The largest absolute Gasteiger partial charge is 0.396 e. The third kappa shape index (κ3) is 3.47. The number of nitrogens with zero attached hydrogens (tertiary/aromatic N) is 1. The Balaban J connectivity index is 2.00. The van der Waals surface area contributed by atoms with E-state index >= 15 is 0 Å². The van der Waals surface area contributed by atoms with Crippen LogP contribution >= 0.6 is 27.7 Å². The van der Waals surface area contributed by atoms with Gasteiger partial charge in [0.15, 0.2) is 0 Å². The molecule has 158 valence electrons. The summed E-state index contributed by atoms with van der Waals surface area (Å²) in [5.74, 6) is -1.31. The molecule has 3 aliphatic rings. The first-order valence-corrected chi connectivity index (χ1v) is 11.6. The molecule has 3 saturated heterocycles. The summed E-state index contributed by atoms with van der Waals surface area (Å²) in [5, 5.41) is 14.9. The van der Waals surface area contributed by atoms with E-state index < -0.39 is 28.2 Å². The summed E-state index contributed by atoms with van der Waals surface area (Å²) in [6.45, 7) is 6.24. The number of alkyl halides is 1. The number of hydrogen-bond donors (Lipinski definition) is 3. The van der Waals surface area contributed by atoms with Crippen molar-refractivity contribution in [1.29, 1.82) is 0 Å². The molecule has 9 heteroatoms. The van der Waals surface area contributed by atoms with Crippen LogP contribution in [0.2, 0.25) is 0 Å². The van der Waals surface area contributed by atoms with Gasteiger partial charge in [0.1, 0.15) is 6.04 Å². The van der Waals surface area contributed by atoms with Crippen molar-refractivity contribution in [1.82, 2.24) is 15.5 Å². The number of likely N-dealkylation sites (tertiary alicyclic amines) is 1. The number of halogens is 1. The second-order valence-electron chi connectivity index (χ2n) is 8.98. The molecule has 0 aromatic rings. The first-order chi connectivity index (χ1) is 13.1. The lowest BCUT2D eigenvalue weighted by Gasteiger charge is -2.36. The van der Waals surface area contributed by atoms with Gasteiger partial charge in [-0.2, -0.15) is 0 Å². The standard InChI is InChI=1S/C19H30BrN3O4S/c1-18(2,3)22-16(26)14-19-9-10(20)13(28-19)11(15(25)21-4)12(19)17(27)23(14)7-5-6-8-24/h10-14,24H,5-9H2,1-4H3,(H,21,25)(H,22,26)/t10?,11-,12-,13-,14?,19?/m0/s1. The van der Waals surface area contributed by atoms with E-state index in [-0.39, 0.29) is 34.4 Å². The van der Waals surface area contributed by atoms with Crippen molar-refractivity contribution in [2.45, 2.75) is 66.4 Å². The molecule has 3 amide bonds. The summed E-state index contributed by atoms with van der Waals surface area (Å²) in [7, 11) is 1.59. The van der Waals surface area contributed by atoms with Crippen LogP contribution in [0.15, 0.2) is 0 Å². The number of nitrogens with one attached hydrogen (secondary N) is 2. The van der Waals surface area contributed by atoms with Crippen LogP contribution in [0, 0.1) is 11.8 Å². The highest BCUT2D eigenvalue weighted by Gasteiger charge is 2.75. The van der Waals surface area contributed by atoms with Gasteiger partial charge in [-0.15, -0.1) is 11.8 Å². The van der Waals surface area contributed by atoms with E-state index in [4.69, 9.17) is 5.11 Å². The topological polar surface area (TPSA) is 98.7 Å². The second-order valence-corrected chi connectivity index (χ2v) is 11.7. The molecular formula is C19H30BrN3O4S. The van der Waals surface area contributed by atoms with Gasteiger partial charge in [-0.05, 0) is 40.0 Å². The Morgan fingerprint density at radius 2 is 2.00 bits per heavy atom. The van der Waals surface area contributed by atoms with E-state index in [0.717, 1.165) is 0 Å². The Morgan fingerprint density at radius 3 is 2.57 bits per heavy atom. The molecule has 28 heavy (non-hydrogen) atoms. The molecule has 2 bridgehead atoms. The number of carbonyl (C=O) groups excluding carboxylic acids is 3. The minimum Gasteiger partial charge on any atom is -0.396 e. The number of aliphatic hydroxyl groups is 1. The lowest BCUT2D eigenvalue weighted by atomic mass is 9.70. The third-order valence-corrected chi connectivity index (χ3v) is 9.11. The van der Waals surface area contributed by atoms with E-state index in [9.17, 15) is 14.4 Å². The number of rotatable bonds is 6. The fraction of sp³-hybridized carbons (Fsp3) is 0.842. The summed E-state index contributed by atoms with van der Waals surface area (Å²) in [6.07, 6.45) is 1.89. The third-order valence-electron chi connectivity index (χ3n) is 5.89. The second kappa shape index (κ2) is 7.80. The number of unbranched alkanes of at least 4 members (excludes halogenated alkanes) is 1. The van der Waals surface area contributed by atoms with Crippen LogP contribution in [-0.4, -0.2) is 74.3 Å². The zero-order valence-corrected chi connectivity index (χ0v) is 19.2. The van der Waals surface area contributed by atoms with Crippen LogP contribution < -0.4 is 10.6 Å². The zero-order chi connectivity index (χ0) is 20.9. The fourth-order valence-corrected chi connectivity index (χ4v) is 8.58. The van der Waals surface area contributed by atoms with Crippen molar-refractivity contribution in [2.75, 3.05) is 20.2 Å². The SMILES string of the molecule is CNC(=O)[C@H]1[C@H]2C(=O)N(CCCCO)C(C(=O)NC(C)(C)C)C23CC(Br)[C@@H]1S3. The van der Waals surface area contributed by atoms with Crippen LogP contribution in [-0.2, 0) is 14.4 Å². The van der Waals surface area contributed by atoms with E-state index in [1.165, 1.54) is 0 Å². The summed E-state index contributed by atoms with van der Waals surface area (Å²) in [5.41, 5.74) is -0.416. The van der Waals surface area contributed by atoms with Gasteiger partial charge in [0, 0.05) is 35.8 Å². The summed E-state index contributed by atoms with van der Waals surface area (Å²) in [4.78, 5) is 41.2. The Labute approximate surface area is 178 Å². The molecule has 0 saturated carbocycles. The van der Waals surface area contributed by atoms with Crippen molar-refractivity contribution in [3.63, 3.8) is 0 Å². The van der Waals surface area contributed by atoms with E-state index in [0.29, 0.717) is 25.8 Å². The van der Waals surface area contributed by atoms with Gasteiger partial charge in [0.05, 0.1) is 16.6 Å². The molecule has 0 aromatic carbocycles. The molecule has 3 N–H and O–H groups in total. The Hall–Kier alpha value is -0.800. The molecule has 3 rings (SSSR count). The van der Waals surface area contributed by atoms with Gasteiger partial charge >= 0.3 is 0 Å². The minimum atomic E-state index is -0.604. The van der Waals surface area contributed by atoms with Crippen molar-refractivity contribution in [3.8, 4) is 0 Å². The average molecular weight is 476 g/mol. The van der Waals surface area contributed by atoms with Gasteiger partial charge in [-0.3, -0.25) is 14.4 Å². The van der Waals surface area contributed by atoms with Crippen molar-refractivity contribution < 1.29 is 19.5 Å². The normalized spacial score (nSPS) is 36.6. The van der Waals surface area contributed by atoms with E-state index in [1.807, 2.05) is 20.8 Å². The highest BCUT2D eigenvalue weighted by Crippen LogP contribution is 2.67. The predicted octanol–water partition coefficient (Wildman–Crippen LogP) is 0.884. The molecule has 3 heterocycles. The van der Waals surface area contributed by atoms with Crippen molar-refractivity contribution >= 4 is 45.4 Å². The van der Waals surface area contributed by atoms with Gasteiger partial charge in [-0.25, -0.2) is 0 Å². The molecular weight excluding hydrogens is 446 g/mol. The zero-order valence-electron chi connectivity index (χ0n) is 16.8. The maximum Gasteiger partial charge on any atom is 0.244 e. The molecule has 3 fully saturated rings. The van der Waals surface area contributed by atoms with Gasteiger partial charge in [-0.1, -0.05) is 15.9 Å². The van der Waals surface area contributed by atoms with Crippen LogP contribution in [0.3, 0.4) is 0 Å². The molecule has 1 spiro atoms. The Kier molecular flexibility index (Phi) is 6.10. The number of hydrogen-bond acceptors (Lipinski definition) is 5. The van der Waals surface area contributed by atoms with Gasteiger partial charge in [0.2, 0.25) is 17.7 Å². The molecule has 0 aromatic heterocycles. The summed E-state index contributed by atoms with van der Waals surface area (Å²) < 4.78 is -0.596. The van der Waals surface area contributed by atoms with Crippen molar-refractivity contribution in [2.24, 2.45) is 11.8 Å². The number of amides is 3. The van der Waals surface area contributed by atoms with Crippen molar-refractivity contribution in [3.05, 3.63) is 0 Å². The van der Waals surface area contributed by atoms with E-state index in [2.05, 4.69) is 26.6 Å².